The fraction of sp³-hybridized carbons (Fsp3) is 0.261. The Morgan fingerprint density at radius 3 is 2.42 bits per heavy atom. The van der Waals surface area contributed by atoms with Crippen LogP contribution in [0.5, 0.6) is 0 Å². The van der Waals surface area contributed by atoms with Crippen molar-refractivity contribution in [2.45, 2.75) is 31.6 Å². The molecule has 0 saturated heterocycles. The van der Waals surface area contributed by atoms with Gasteiger partial charge in [0, 0.05) is 6.54 Å². The number of hydrogen-bond acceptors (Lipinski definition) is 5. The molecule has 1 heterocycles. The molecule has 0 aliphatic carbocycles. The second-order valence-corrected chi connectivity index (χ2v) is 7.70. The van der Waals surface area contributed by atoms with E-state index in [1.165, 1.54) is 10.9 Å². The Morgan fingerprint density at radius 1 is 1.06 bits per heavy atom. The molecule has 3 rings (SSSR count). The minimum Gasteiger partial charge on any atom is -0.480 e. The topological polar surface area (TPSA) is 126 Å². The lowest BCUT2D eigenvalue weighted by Gasteiger charge is -2.13. The second kappa shape index (κ2) is 11.4. The van der Waals surface area contributed by atoms with Crippen molar-refractivity contribution in [2.75, 3.05) is 6.54 Å². The molecule has 2 amide bonds. The van der Waals surface area contributed by atoms with Crippen molar-refractivity contribution in [3.05, 3.63) is 82.9 Å². The summed E-state index contributed by atoms with van der Waals surface area (Å²) in [6, 6.07) is 9.60. The van der Waals surface area contributed by atoms with Crippen molar-refractivity contribution in [2.24, 2.45) is 0 Å². The van der Waals surface area contributed by atoms with Crippen LogP contribution in [0.25, 0.3) is 0 Å². The highest BCUT2D eigenvalue weighted by Crippen LogP contribution is 2.30. The number of carboxylic acids is 1. The van der Waals surface area contributed by atoms with Crippen molar-refractivity contribution in [3.63, 3.8) is 0 Å². The first-order chi connectivity index (χ1) is 17.0. The summed E-state index contributed by atoms with van der Waals surface area (Å²) >= 11 is 0. The molecule has 3 aromatic rings. The smallest absolute Gasteiger partial charge is 0.416 e. The standard InChI is InChI=1S/C23H21F4N5O4/c24-17-12-15(23(25,26)27)7-8-16(17)20(33)28-10-11-32-13-19(30-31-32)21(34)29-18(22(35)36)9-6-14-4-2-1-3-5-14/h1-5,7-8,12-13,18H,6,9-11H2,(H,28,33)(H,29,34)(H,35,36)/t18-/m0/s1. The van der Waals surface area contributed by atoms with Crippen LogP contribution in [-0.4, -0.2) is 50.5 Å². The molecule has 0 saturated carbocycles. The Hall–Kier alpha value is -4.29. The largest absolute Gasteiger partial charge is 0.480 e. The molecule has 190 valence electrons. The molecule has 36 heavy (non-hydrogen) atoms. The summed E-state index contributed by atoms with van der Waals surface area (Å²) in [5.41, 5.74) is -1.00. The van der Waals surface area contributed by atoms with Crippen LogP contribution < -0.4 is 10.6 Å². The normalized spacial score (nSPS) is 12.1. The number of aromatic nitrogens is 3. The number of carboxylic acid groups (broad SMARTS) is 1. The van der Waals surface area contributed by atoms with E-state index in [1.807, 2.05) is 30.3 Å². The Kier molecular flexibility index (Phi) is 8.35. The first-order valence-electron chi connectivity index (χ1n) is 10.7. The fourth-order valence-corrected chi connectivity index (χ4v) is 3.21. The second-order valence-electron chi connectivity index (χ2n) is 7.70. The predicted molar refractivity (Wildman–Crippen MR) is 117 cm³/mol. The molecule has 0 radical (unpaired) electrons. The quantitative estimate of drug-likeness (QED) is 0.363. The molecule has 0 spiro atoms. The molecule has 0 aliphatic rings. The molecular formula is C23H21F4N5O4. The van der Waals surface area contributed by atoms with Gasteiger partial charge in [0.2, 0.25) is 0 Å². The van der Waals surface area contributed by atoms with Gasteiger partial charge in [0.15, 0.2) is 5.69 Å². The molecule has 13 heteroatoms. The molecular weight excluding hydrogens is 486 g/mol. The maximum atomic E-state index is 13.9. The van der Waals surface area contributed by atoms with Crippen molar-refractivity contribution < 1.29 is 37.1 Å². The lowest BCUT2D eigenvalue weighted by Crippen LogP contribution is -2.41. The van der Waals surface area contributed by atoms with Gasteiger partial charge >= 0.3 is 12.1 Å². The van der Waals surface area contributed by atoms with Crippen LogP contribution in [0, 0.1) is 5.82 Å². The van der Waals surface area contributed by atoms with Gasteiger partial charge < -0.3 is 15.7 Å². The molecule has 1 aromatic heterocycles. The fourth-order valence-electron chi connectivity index (χ4n) is 3.21. The zero-order chi connectivity index (χ0) is 26.3. The summed E-state index contributed by atoms with van der Waals surface area (Å²) in [6.07, 6.45) is -2.91. The third-order valence-electron chi connectivity index (χ3n) is 5.11. The van der Waals surface area contributed by atoms with Gasteiger partial charge in [-0.1, -0.05) is 35.5 Å². The number of amides is 2. The highest BCUT2D eigenvalue weighted by molar-refractivity contribution is 5.95. The van der Waals surface area contributed by atoms with Gasteiger partial charge in [0.1, 0.15) is 11.9 Å². The molecule has 0 fully saturated rings. The number of carbonyl (C=O) groups is 3. The van der Waals surface area contributed by atoms with Crippen molar-refractivity contribution >= 4 is 17.8 Å². The molecule has 2 aromatic carbocycles. The summed E-state index contributed by atoms with van der Waals surface area (Å²) in [7, 11) is 0. The molecule has 1 atom stereocenters. The number of aryl methyl sites for hydroxylation is 1. The Balaban J connectivity index is 1.51. The van der Waals surface area contributed by atoms with Crippen LogP contribution in [0.1, 0.15) is 38.4 Å². The number of rotatable bonds is 10. The molecule has 0 bridgehead atoms. The van der Waals surface area contributed by atoms with Crippen molar-refractivity contribution in [3.8, 4) is 0 Å². The zero-order valence-electron chi connectivity index (χ0n) is 18.6. The average molecular weight is 507 g/mol. The Bertz CT molecular complexity index is 1230. The third kappa shape index (κ3) is 7.10. The Morgan fingerprint density at radius 2 is 1.78 bits per heavy atom. The number of hydrogen-bond donors (Lipinski definition) is 3. The van der Waals surface area contributed by atoms with Crippen LogP contribution in [0.4, 0.5) is 17.6 Å². The van der Waals surface area contributed by atoms with E-state index in [4.69, 9.17) is 0 Å². The first-order valence-corrected chi connectivity index (χ1v) is 10.7. The van der Waals surface area contributed by atoms with Gasteiger partial charge in [-0.25, -0.2) is 13.9 Å². The zero-order valence-corrected chi connectivity index (χ0v) is 18.6. The maximum Gasteiger partial charge on any atom is 0.416 e. The van der Waals surface area contributed by atoms with E-state index in [0.29, 0.717) is 12.5 Å². The monoisotopic (exact) mass is 507 g/mol. The summed E-state index contributed by atoms with van der Waals surface area (Å²) in [6.45, 7) is -0.0941. The van der Waals surface area contributed by atoms with Gasteiger partial charge in [0.05, 0.1) is 23.9 Å². The van der Waals surface area contributed by atoms with Gasteiger partial charge in [0.25, 0.3) is 11.8 Å². The summed E-state index contributed by atoms with van der Waals surface area (Å²) in [4.78, 5) is 36.0. The maximum absolute atomic E-state index is 13.9. The van der Waals surface area contributed by atoms with E-state index < -0.39 is 46.9 Å². The molecule has 9 nitrogen and oxygen atoms in total. The minimum absolute atomic E-state index is 0.00460. The minimum atomic E-state index is -4.74. The van der Waals surface area contributed by atoms with E-state index in [9.17, 15) is 37.1 Å². The first kappa shape index (κ1) is 26.3. The van der Waals surface area contributed by atoms with E-state index in [2.05, 4.69) is 20.9 Å². The van der Waals surface area contributed by atoms with Crippen LogP contribution in [0.3, 0.4) is 0 Å². The van der Waals surface area contributed by atoms with E-state index in [1.54, 1.807) is 0 Å². The van der Waals surface area contributed by atoms with Crippen LogP contribution >= 0.6 is 0 Å². The number of benzene rings is 2. The van der Waals surface area contributed by atoms with Gasteiger partial charge in [-0.3, -0.25) is 9.59 Å². The van der Waals surface area contributed by atoms with E-state index in [-0.39, 0.29) is 31.3 Å². The van der Waals surface area contributed by atoms with Crippen molar-refractivity contribution in [1.82, 2.24) is 25.6 Å². The van der Waals surface area contributed by atoms with E-state index >= 15 is 0 Å². The number of alkyl halides is 3. The lowest BCUT2D eigenvalue weighted by atomic mass is 10.1. The Labute approximate surface area is 202 Å². The van der Waals surface area contributed by atoms with Crippen LogP contribution in [-0.2, 0) is 23.9 Å². The summed E-state index contributed by atoms with van der Waals surface area (Å²) < 4.78 is 53.0. The predicted octanol–water partition coefficient (Wildman–Crippen LogP) is 2.68. The summed E-state index contributed by atoms with van der Waals surface area (Å²) in [5.74, 6) is -4.20. The summed E-state index contributed by atoms with van der Waals surface area (Å²) in [5, 5.41) is 21.5. The number of carbonyl (C=O) groups excluding carboxylic acids is 2. The van der Waals surface area contributed by atoms with Gasteiger partial charge in [-0.15, -0.1) is 5.10 Å². The lowest BCUT2D eigenvalue weighted by molar-refractivity contribution is -0.139. The molecule has 0 aliphatic heterocycles. The third-order valence-corrected chi connectivity index (χ3v) is 5.11. The highest BCUT2D eigenvalue weighted by Gasteiger charge is 2.31. The van der Waals surface area contributed by atoms with Crippen molar-refractivity contribution in [1.29, 1.82) is 0 Å². The molecule has 0 unspecified atom stereocenters. The van der Waals surface area contributed by atoms with Crippen LogP contribution in [0.2, 0.25) is 0 Å². The van der Waals surface area contributed by atoms with E-state index in [0.717, 1.165) is 11.6 Å². The number of nitrogens with zero attached hydrogens (tertiary/aromatic N) is 3. The average Bonchev–Trinajstić information content (AvgIpc) is 3.30. The molecule has 3 N–H and O–H groups in total. The highest BCUT2D eigenvalue weighted by atomic mass is 19.4. The SMILES string of the molecule is O=C(N[C@@H](CCc1ccccc1)C(=O)O)c1cn(CCNC(=O)c2ccc(C(F)(F)F)cc2F)nn1. The van der Waals surface area contributed by atoms with Gasteiger partial charge in [-0.05, 0) is 36.6 Å². The number of nitrogens with one attached hydrogen (secondary N) is 2. The van der Waals surface area contributed by atoms with Gasteiger partial charge in [-0.2, -0.15) is 13.2 Å². The number of halogens is 4. The number of aliphatic carboxylic acids is 1. The van der Waals surface area contributed by atoms with Crippen LogP contribution in [0.15, 0.2) is 54.7 Å².